The fourth-order valence-corrected chi connectivity index (χ4v) is 3.33. The molecule has 2 aromatic carbocycles. The zero-order valence-corrected chi connectivity index (χ0v) is 17.7. The zero-order chi connectivity index (χ0) is 20.1. The Morgan fingerprint density at radius 2 is 1.82 bits per heavy atom. The van der Waals surface area contributed by atoms with Crippen molar-refractivity contribution in [3.05, 3.63) is 68.6 Å². The number of carbonyl (C=O) groups excluding carboxylic acids is 3. The summed E-state index contributed by atoms with van der Waals surface area (Å²) in [7, 11) is -0.878. The van der Waals surface area contributed by atoms with Gasteiger partial charge in [-0.2, -0.15) is 0 Å². The van der Waals surface area contributed by atoms with E-state index in [1.165, 1.54) is 0 Å². The SMILES string of the molecule is O=C(CNC(=O)c1cc(Br)ccc1Br)NCB1OC(=O)C(c2ccccc2)O1. The third kappa shape index (κ3) is 5.21. The highest BCUT2D eigenvalue weighted by Gasteiger charge is 2.40. The van der Waals surface area contributed by atoms with Gasteiger partial charge in [-0.05, 0) is 39.7 Å². The molecule has 2 amide bonds. The Bertz CT molecular complexity index is 897. The molecule has 144 valence electrons. The van der Waals surface area contributed by atoms with Crippen LogP contribution in [0.5, 0.6) is 0 Å². The largest absolute Gasteiger partial charge is 0.548 e. The van der Waals surface area contributed by atoms with Gasteiger partial charge in [0.05, 0.1) is 18.6 Å². The van der Waals surface area contributed by atoms with Crippen LogP contribution in [0.25, 0.3) is 0 Å². The first kappa shape index (κ1) is 20.6. The second-order valence-electron chi connectivity index (χ2n) is 5.90. The van der Waals surface area contributed by atoms with E-state index in [1.807, 2.05) is 6.07 Å². The Labute approximate surface area is 178 Å². The maximum absolute atomic E-state index is 12.2. The van der Waals surface area contributed by atoms with Crippen LogP contribution >= 0.6 is 31.9 Å². The van der Waals surface area contributed by atoms with Crippen LogP contribution in [0.2, 0.25) is 0 Å². The molecule has 10 heteroatoms. The van der Waals surface area contributed by atoms with Crippen molar-refractivity contribution in [1.29, 1.82) is 0 Å². The summed E-state index contributed by atoms with van der Waals surface area (Å²) in [5.74, 6) is -1.32. The highest BCUT2D eigenvalue weighted by Crippen LogP contribution is 2.25. The topological polar surface area (TPSA) is 93.7 Å². The van der Waals surface area contributed by atoms with Crippen LogP contribution in [-0.2, 0) is 18.9 Å². The summed E-state index contributed by atoms with van der Waals surface area (Å²) in [6.07, 6.45) is -0.818. The molecule has 0 bridgehead atoms. The molecule has 0 radical (unpaired) electrons. The standard InChI is InChI=1S/C18H15BBr2N2O5/c20-12-6-7-14(21)13(8-12)17(25)22-9-15(24)23-10-19-27-16(18(26)28-19)11-4-2-1-3-5-11/h1-8,16H,9-10H2,(H,22,25)(H,23,24). The lowest BCUT2D eigenvalue weighted by Gasteiger charge is -2.09. The quantitative estimate of drug-likeness (QED) is 0.583. The molecule has 7 nitrogen and oxygen atoms in total. The molecule has 1 aliphatic rings. The molecular weight excluding hydrogens is 495 g/mol. The van der Waals surface area contributed by atoms with Crippen molar-refractivity contribution in [2.75, 3.05) is 13.0 Å². The van der Waals surface area contributed by atoms with Crippen LogP contribution in [0.4, 0.5) is 0 Å². The number of carbonyl (C=O) groups is 3. The normalized spacial score (nSPS) is 15.9. The molecule has 28 heavy (non-hydrogen) atoms. The maximum Gasteiger partial charge on any atom is 0.548 e. The van der Waals surface area contributed by atoms with E-state index in [9.17, 15) is 14.4 Å². The molecule has 0 aliphatic carbocycles. The van der Waals surface area contributed by atoms with Crippen LogP contribution in [0.1, 0.15) is 22.0 Å². The van der Waals surface area contributed by atoms with Gasteiger partial charge in [-0.15, -0.1) is 0 Å². The van der Waals surface area contributed by atoms with Gasteiger partial charge >= 0.3 is 13.1 Å². The number of rotatable bonds is 6. The Morgan fingerprint density at radius 3 is 2.57 bits per heavy atom. The van der Waals surface area contributed by atoms with Crippen LogP contribution < -0.4 is 10.6 Å². The van der Waals surface area contributed by atoms with E-state index in [-0.39, 0.29) is 13.0 Å². The Balaban J connectivity index is 1.45. The lowest BCUT2D eigenvalue weighted by molar-refractivity contribution is -0.136. The summed E-state index contributed by atoms with van der Waals surface area (Å²) in [5.41, 5.74) is 1.09. The molecule has 0 aromatic heterocycles. The maximum atomic E-state index is 12.2. The van der Waals surface area contributed by atoms with E-state index >= 15 is 0 Å². The predicted molar refractivity (Wildman–Crippen MR) is 109 cm³/mol. The highest BCUT2D eigenvalue weighted by molar-refractivity contribution is 9.11. The van der Waals surface area contributed by atoms with Gasteiger partial charge in [0.2, 0.25) is 5.91 Å². The minimum Gasteiger partial charge on any atom is -0.506 e. The average Bonchev–Trinajstić information content (AvgIpc) is 3.07. The number of amides is 2. The molecule has 2 aromatic rings. The van der Waals surface area contributed by atoms with Crippen molar-refractivity contribution in [1.82, 2.24) is 10.6 Å². The number of hydrogen-bond donors (Lipinski definition) is 2. The molecule has 1 fully saturated rings. The Kier molecular flexibility index (Phi) is 6.87. The highest BCUT2D eigenvalue weighted by atomic mass is 79.9. The van der Waals surface area contributed by atoms with Gasteiger partial charge in [0.15, 0.2) is 6.10 Å². The van der Waals surface area contributed by atoms with Gasteiger partial charge in [0.25, 0.3) is 5.91 Å². The minimum absolute atomic E-state index is 0.00957. The van der Waals surface area contributed by atoms with E-state index < -0.39 is 31.0 Å². The lowest BCUT2D eigenvalue weighted by Crippen LogP contribution is -2.42. The first-order valence-corrected chi connectivity index (χ1v) is 9.93. The third-order valence-electron chi connectivity index (χ3n) is 3.90. The molecule has 1 saturated heterocycles. The first-order valence-electron chi connectivity index (χ1n) is 8.35. The van der Waals surface area contributed by atoms with Crippen molar-refractivity contribution < 1.29 is 23.7 Å². The van der Waals surface area contributed by atoms with Crippen molar-refractivity contribution in [3.8, 4) is 0 Å². The summed E-state index contributed by atoms with van der Waals surface area (Å²) < 4.78 is 12.0. The molecule has 1 aliphatic heterocycles. The van der Waals surface area contributed by atoms with E-state index in [2.05, 4.69) is 42.5 Å². The van der Waals surface area contributed by atoms with Gasteiger partial charge in [-0.1, -0.05) is 46.3 Å². The number of hydrogen-bond acceptors (Lipinski definition) is 5. The second-order valence-corrected chi connectivity index (χ2v) is 7.67. The first-order chi connectivity index (χ1) is 13.4. The van der Waals surface area contributed by atoms with Crippen molar-refractivity contribution in [3.63, 3.8) is 0 Å². The predicted octanol–water partition coefficient (Wildman–Crippen LogP) is 2.40. The molecule has 3 rings (SSSR count). The fourth-order valence-electron chi connectivity index (χ4n) is 2.55. The summed E-state index contributed by atoms with van der Waals surface area (Å²) in [5, 5.41) is 5.11. The summed E-state index contributed by atoms with van der Waals surface area (Å²) in [4.78, 5) is 36.1. The zero-order valence-electron chi connectivity index (χ0n) is 14.5. The van der Waals surface area contributed by atoms with Crippen molar-refractivity contribution in [2.45, 2.75) is 6.10 Å². The fraction of sp³-hybridized carbons (Fsp3) is 0.167. The lowest BCUT2D eigenvalue weighted by atomic mass is 9.91. The monoisotopic (exact) mass is 508 g/mol. The van der Waals surface area contributed by atoms with Gasteiger partial charge in [0.1, 0.15) is 0 Å². The van der Waals surface area contributed by atoms with E-state index in [0.29, 0.717) is 15.6 Å². The molecule has 1 heterocycles. The second kappa shape index (κ2) is 9.36. The molecule has 1 atom stereocenters. The van der Waals surface area contributed by atoms with Crippen molar-refractivity contribution in [2.24, 2.45) is 0 Å². The number of benzene rings is 2. The van der Waals surface area contributed by atoms with Gasteiger partial charge in [-0.25, -0.2) is 0 Å². The van der Waals surface area contributed by atoms with E-state index in [1.54, 1.807) is 42.5 Å². The van der Waals surface area contributed by atoms with Gasteiger partial charge < -0.3 is 19.9 Å². The van der Waals surface area contributed by atoms with E-state index in [4.69, 9.17) is 9.31 Å². The van der Waals surface area contributed by atoms with Crippen LogP contribution in [0.3, 0.4) is 0 Å². The Morgan fingerprint density at radius 1 is 1.07 bits per heavy atom. The molecule has 2 N–H and O–H groups in total. The molecule has 0 saturated carbocycles. The molecular formula is C18H15BBr2N2O5. The third-order valence-corrected chi connectivity index (χ3v) is 5.09. The summed E-state index contributed by atoms with van der Waals surface area (Å²) in [6.45, 7) is -0.222. The van der Waals surface area contributed by atoms with Crippen LogP contribution in [0, 0.1) is 0 Å². The number of nitrogens with one attached hydrogen (secondary N) is 2. The molecule has 0 spiro atoms. The Hall–Kier alpha value is -2.17. The summed E-state index contributed by atoms with van der Waals surface area (Å²) in [6, 6.07) is 14.1. The van der Waals surface area contributed by atoms with Gasteiger partial charge in [-0.3, -0.25) is 14.4 Å². The summed E-state index contributed by atoms with van der Waals surface area (Å²) >= 11 is 6.59. The number of halogens is 2. The minimum atomic E-state index is -0.878. The average molecular weight is 510 g/mol. The van der Waals surface area contributed by atoms with E-state index in [0.717, 1.165) is 4.47 Å². The van der Waals surface area contributed by atoms with Crippen LogP contribution in [0.15, 0.2) is 57.5 Å². The van der Waals surface area contributed by atoms with Crippen LogP contribution in [-0.4, -0.2) is 37.9 Å². The van der Waals surface area contributed by atoms with Gasteiger partial charge in [0, 0.05) is 8.95 Å². The molecule has 1 unspecified atom stereocenters. The van der Waals surface area contributed by atoms with Crippen molar-refractivity contribution >= 4 is 56.8 Å². The smallest absolute Gasteiger partial charge is 0.506 e.